The number of aliphatic carboxylic acids is 1. The van der Waals surface area contributed by atoms with E-state index in [1.807, 2.05) is 0 Å². The monoisotopic (exact) mass is 384 g/mol. The molecule has 9 heteroatoms. The first-order chi connectivity index (χ1) is 12.0. The Balaban J connectivity index is 1.84. The molecule has 2 rings (SSSR count). The number of thiazole rings is 1. The van der Waals surface area contributed by atoms with E-state index in [1.54, 1.807) is 29.6 Å². The van der Waals surface area contributed by atoms with E-state index in [-0.39, 0.29) is 19.6 Å². The Morgan fingerprint density at radius 3 is 2.72 bits per heavy atom. The van der Waals surface area contributed by atoms with Crippen LogP contribution in [0.15, 0.2) is 29.6 Å². The van der Waals surface area contributed by atoms with Crippen molar-refractivity contribution in [2.75, 3.05) is 13.7 Å². The lowest BCUT2D eigenvalue weighted by molar-refractivity contribution is -0.143. The van der Waals surface area contributed by atoms with Gasteiger partial charge in [0.25, 0.3) is 0 Å². The van der Waals surface area contributed by atoms with Crippen molar-refractivity contribution in [3.8, 4) is 5.75 Å². The van der Waals surface area contributed by atoms with Gasteiger partial charge in [-0.15, -0.1) is 11.3 Å². The third-order valence-corrected chi connectivity index (χ3v) is 4.21. The summed E-state index contributed by atoms with van der Waals surface area (Å²) in [5.41, 5.74) is 0.554. The molecule has 25 heavy (non-hydrogen) atoms. The van der Waals surface area contributed by atoms with E-state index in [2.05, 4.69) is 10.3 Å². The summed E-state index contributed by atoms with van der Waals surface area (Å²) in [5, 5.41) is 14.5. The van der Waals surface area contributed by atoms with Gasteiger partial charge in [0.05, 0.1) is 18.7 Å². The van der Waals surface area contributed by atoms with Gasteiger partial charge in [0, 0.05) is 17.5 Å². The number of benzene rings is 1. The lowest BCUT2D eigenvalue weighted by atomic mass is 10.2. The Bertz CT molecular complexity index is 720. The van der Waals surface area contributed by atoms with Crippen molar-refractivity contribution >= 4 is 34.8 Å². The SMILES string of the molecule is COCC(NC(=O)Cc1csc(COc2ccc(Cl)cc2)n1)C(=O)O. The molecule has 0 bridgehead atoms. The van der Waals surface area contributed by atoms with Crippen molar-refractivity contribution in [3.63, 3.8) is 0 Å². The fourth-order valence-corrected chi connectivity index (χ4v) is 2.75. The van der Waals surface area contributed by atoms with Gasteiger partial charge in [0.1, 0.15) is 17.4 Å². The van der Waals surface area contributed by atoms with Crippen molar-refractivity contribution in [2.45, 2.75) is 19.1 Å². The van der Waals surface area contributed by atoms with Crippen LogP contribution in [0.4, 0.5) is 0 Å². The van der Waals surface area contributed by atoms with E-state index >= 15 is 0 Å². The molecule has 0 fully saturated rings. The number of nitrogens with zero attached hydrogens (tertiary/aromatic N) is 1. The number of methoxy groups -OCH3 is 1. The Kier molecular flexibility index (Phi) is 7.17. The lowest BCUT2D eigenvalue weighted by Crippen LogP contribution is -2.44. The molecule has 0 aliphatic carbocycles. The number of carbonyl (C=O) groups excluding carboxylic acids is 1. The third-order valence-electron chi connectivity index (χ3n) is 3.08. The number of ether oxygens (including phenoxy) is 2. The van der Waals surface area contributed by atoms with Crippen LogP contribution >= 0.6 is 22.9 Å². The number of nitrogens with one attached hydrogen (secondary N) is 1. The fourth-order valence-electron chi connectivity index (χ4n) is 1.92. The van der Waals surface area contributed by atoms with Crippen LogP contribution in [0.2, 0.25) is 5.02 Å². The van der Waals surface area contributed by atoms with Crippen molar-refractivity contribution in [3.05, 3.63) is 45.4 Å². The summed E-state index contributed by atoms with van der Waals surface area (Å²) in [5.74, 6) is -0.909. The standard InChI is InChI=1S/C16H17ClN2O5S/c1-23-7-13(16(21)22)19-14(20)6-11-9-25-15(18-11)8-24-12-4-2-10(17)3-5-12/h2-5,9,13H,6-8H2,1H3,(H,19,20)(H,21,22). The molecule has 2 N–H and O–H groups in total. The van der Waals surface area contributed by atoms with Gasteiger partial charge in [-0.2, -0.15) is 0 Å². The van der Waals surface area contributed by atoms with Crippen LogP contribution in [0.5, 0.6) is 5.75 Å². The minimum absolute atomic E-state index is 0.00899. The van der Waals surface area contributed by atoms with Crippen LogP contribution in [0.1, 0.15) is 10.7 Å². The number of amides is 1. The van der Waals surface area contributed by atoms with Gasteiger partial charge in [-0.25, -0.2) is 9.78 Å². The van der Waals surface area contributed by atoms with Crippen molar-refractivity contribution in [2.24, 2.45) is 0 Å². The quantitative estimate of drug-likeness (QED) is 0.687. The zero-order chi connectivity index (χ0) is 18.2. The summed E-state index contributed by atoms with van der Waals surface area (Å²) in [7, 11) is 1.37. The number of carbonyl (C=O) groups is 2. The molecule has 0 radical (unpaired) electrons. The summed E-state index contributed by atoms with van der Waals surface area (Å²) in [4.78, 5) is 27.2. The second-order valence-corrected chi connectivity index (χ2v) is 6.44. The second kappa shape index (κ2) is 9.36. The molecule has 0 aliphatic rings. The van der Waals surface area contributed by atoms with Crippen LogP contribution in [0, 0.1) is 0 Å². The number of carboxylic acid groups (broad SMARTS) is 1. The molecule has 0 spiro atoms. The fraction of sp³-hybridized carbons (Fsp3) is 0.312. The molecule has 134 valence electrons. The van der Waals surface area contributed by atoms with E-state index in [0.717, 1.165) is 0 Å². The number of aromatic nitrogens is 1. The highest BCUT2D eigenvalue weighted by molar-refractivity contribution is 7.09. The summed E-state index contributed by atoms with van der Waals surface area (Å²) in [6.45, 7) is 0.174. The van der Waals surface area contributed by atoms with Crippen molar-refractivity contribution < 1.29 is 24.2 Å². The number of halogens is 1. The largest absolute Gasteiger partial charge is 0.486 e. The molecule has 1 unspecified atom stereocenters. The van der Waals surface area contributed by atoms with Gasteiger partial charge >= 0.3 is 5.97 Å². The first-order valence-corrected chi connectivity index (χ1v) is 8.56. The Hall–Kier alpha value is -2.16. The normalized spacial score (nSPS) is 11.8. The Labute approximate surface area is 153 Å². The topological polar surface area (TPSA) is 97.8 Å². The van der Waals surface area contributed by atoms with E-state index in [9.17, 15) is 9.59 Å². The zero-order valence-corrected chi connectivity index (χ0v) is 15.0. The molecule has 1 aromatic carbocycles. The summed E-state index contributed by atoms with van der Waals surface area (Å²) >= 11 is 7.17. The van der Waals surface area contributed by atoms with E-state index in [4.69, 9.17) is 26.2 Å². The molecule has 0 saturated heterocycles. The predicted molar refractivity (Wildman–Crippen MR) is 93.0 cm³/mol. The maximum atomic E-state index is 11.9. The van der Waals surface area contributed by atoms with E-state index in [1.165, 1.54) is 18.4 Å². The van der Waals surface area contributed by atoms with Gasteiger partial charge in [0.2, 0.25) is 5.91 Å². The van der Waals surface area contributed by atoms with Crippen LogP contribution in [-0.2, 0) is 27.4 Å². The Morgan fingerprint density at radius 1 is 1.36 bits per heavy atom. The molecule has 1 amide bonds. The molecule has 7 nitrogen and oxygen atoms in total. The smallest absolute Gasteiger partial charge is 0.328 e. The first-order valence-electron chi connectivity index (χ1n) is 7.30. The average molecular weight is 385 g/mol. The zero-order valence-electron chi connectivity index (χ0n) is 13.4. The van der Waals surface area contributed by atoms with Crippen molar-refractivity contribution in [1.29, 1.82) is 0 Å². The summed E-state index contributed by atoms with van der Waals surface area (Å²) < 4.78 is 10.4. The Morgan fingerprint density at radius 2 is 2.08 bits per heavy atom. The van der Waals surface area contributed by atoms with E-state index < -0.39 is 17.9 Å². The van der Waals surface area contributed by atoms with Gasteiger partial charge in [0.15, 0.2) is 6.04 Å². The molecular weight excluding hydrogens is 368 g/mol. The molecule has 2 aromatic rings. The molecule has 1 atom stereocenters. The highest BCUT2D eigenvalue weighted by atomic mass is 35.5. The van der Waals surface area contributed by atoms with Gasteiger partial charge in [-0.1, -0.05) is 11.6 Å². The lowest BCUT2D eigenvalue weighted by Gasteiger charge is -2.12. The van der Waals surface area contributed by atoms with E-state index in [0.29, 0.717) is 21.5 Å². The number of hydrogen-bond donors (Lipinski definition) is 2. The minimum atomic E-state index is -1.15. The summed E-state index contributed by atoms with van der Waals surface area (Å²) in [6.07, 6.45) is -0.00899. The van der Waals surface area contributed by atoms with Crippen molar-refractivity contribution in [1.82, 2.24) is 10.3 Å². The highest BCUT2D eigenvalue weighted by Gasteiger charge is 2.20. The number of rotatable bonds is 9. The van der Waals surface area contributed by atoms with Gasteiger partial charge in [-0.05, 0) is 24.3 Å². The van der Waals surface area contributed by atoms with Gasteiger partial charge < -0.3 is 19.9 Å². The second-order valence-electron chi connectivity index (χ2n) is 5.07. The van der Waals surface area contributed by atoms with Crippen LogP contribution < -0.4 is 10.1 Å². The maximum Gasteiger partial charge on any atom is 0.328 e. The highest BCUT2D eigenvalue weighted by Crippen LogP contribution is 2.18. The number of hydrogen-bond acceptors (Lipinski definition) is 6. The maximum absolute atomic E-state index is 11.9. The number of carboxylic acids is 1. The van der Waals surface area contributed by atoms with Crippen LogP contribution in [0.25, 0.3) is 0 Å². The van der Waals surface area contributed by atoms with Crippen LogP contribution in [-0.4, -0.2) is 41.7 Å². The average Bonchev–Trinajstić information content (AvgIpc) is 3.01. The third kappa shape index (κ3) is 6.33. The predicted octanol–water partition coefficient (Wildman–Crippen LogP) is 2.13. The first kappa shape index (κ1) is 19.2. The molecule has 1 aromatic heterocycles. The van der Waals surface area contributed by atoms with Crippen LogP contribution in [0.3, 0.4) is 0 Å². The van der Waals surface area contributed by atoms with Gasteiger partial charge in [-0.3, -0.25) is 4.79 Å². The molecule has 1 heterocycles. The molecular formula is C16H17ClN2O5S. The summed E-state index contributed by atoms with van der Waals surface area (Å²) in [6, 6.07) is 5.89. The molecule has 0 saturated carbocycles. The molecule has 0 aliphatic heterocycles. The minimum Gasteiger partial charge on any atom is -0.486 e.